The molecule has 1 aliphatic heterocycles. The lowest BCUT2D eigenvalue weighted by molar-refractivity contribution is -0.124. The van der Waals surface area contributed by atoms with Crippen LogP contribution in [0.2, 0.25) is 5.02 Å². The van der Waals surface area contributed by atoms with E-state index in [-0.39, 0.29) is 21.5 Å². The third-order valence-corrected chi connectivity index (χ3v) is 4.43. The van der Waals surface area contributed by atoms with E-state index in [9.17, 15) is 13.2 Å². The molecule has 1 amide bonds. The lowest BCUT2D eigenvalue weighted by atomic mass is 10.2. The van der Waals surface area contributed by atoms with Gasteiger partial charge in [-0.25, -0.2) is 8.42 Å². The molecule has 1 aliphatic rings. The van der Waals surface area contributed by atoms with Crippen molar-refractivity contribution in [2.45, 2.75) is 23.8 Å². The normalized spacial score (nSPS) is 19.4. The highest BCUT2D eigenvalue weighted by Gasteiger charge is 2.26. The monoisotopic (exact) mass is 303 g/mol. The largest absolute Gasteiger partial charge is 0.368 e. The van der Waals surface area contributed by atoms with Crippen LogP contribution in [0.25, 0.3) is 0 Å². The Hall–Kier alpha value is -1.11. The van der Waals surface area contributed by atoms with Gasteiger partial charge in [-0.05, 0) is 25.0 Å². The van der Waals surface area contributed by atoms with Crippen molar-refractivity contribution in [3.05, 3.63) is 23.2 Å². The van der Waals surface area contributed by atoms with Gasteiger partial charge in [0.15, 0.2) is 9.84 Å². The van der Waals surface area contributed by atoms with E-state index in [4.69, 9.17) is 16.3 Å². The van der Waals surface area contributed by atoms with Crippen molar-refractivity contribution in [1.82, 2.24) is 0 Å². The van der Waals surface area contributed by atoms with Crippen LogP contribution in [0.1, 0.15) is 12.8 Å². The second kappa shape index (κ2) is 5.48. The Morgan fingerprint density at radius 1 is 1.47 bits per heavy atom. The Morgan fingerprint density at radius 2 is 2.21 bits per heavy atom. The Bertz CT molecular complexity index is 594. The number of sulfone groups is 1. The molecule has 1 atom stereocenters. The Kier molecular flexibility index (Phi) is 4.13. The summed E-state index contributed by atoms with van der Waals surface area (Å²) in [5.74, 6) is -0.343. The van der Waals surface area contributed by atoms with Gasteiger partial charge in [-0.1, -0.05) is 17.7 Å². The van der Waals surface area contributed by atoms with Gasteiger partial charge in [0.1, 0.15) is 11.0 Å². The van der Waals surface area contributed by atoms with E-state index >= 15 is 0 Å². The molecule has 7 heteroatoms. The summed E-state index contributed by atoms with van der Waals surface area (Å²) in [5, 5.41) is 2.66. The van der Waals surface area contributed by atoms with Crippen molar-refractivity contribution in [3.63, 3.8) is 0 Å². The maximum atomic E-state index is 11.9. The van der Waals surface area contributed by atoms with Crippen LogP contribution >= 0.6 is 11.6 Å². The molecular formula is C12H14ClNO4S. The summed E-state index contributed by atoms with van der Waals surface area (Å²) in [5.41, 5.74) is 0.190. The van der Waals surface area contributed by atoms with Crippen LogP contribution in [0.15, 0.2) is 23.1 Å². The molecule has 0 spiro atoms. The highest BCUT2D eigenvalue weighted by atomic mass is 35.5. The fourth-order valence-corrected chi connectivity index (χ4v) is 3.52. The van der Waals surface area contributed by atoms with E-state index in [0.29, 0.717) is 13.0 Å². The minimum absolute atomic E-state index is 0.0667. The van der Waals surface area contributed by atoms with Crippen molar-refractivity contribution in [2.24, 2.45) is 0 Å². The summed E-state index contributed by atoms with van der Waals surface area (Å²) < 4.78 is 28.7. The molecule has 19 heavy (non-hydrogen) atoms. The van der Waals surface area contributed by atoms with Gasteiger partial charge in [0.05, 0.1) is 10.7 Å². The third-order valence-electron chi connectivity index (χ3n) is 2.82. The predicted molar refractivity (Wildman–Crippen MR) is 72.2 cm³/mol. The van der Waals surface area contributed by atoms with Crippen LogP contribution < -0.4 is 5.32 Å². The van der Waals surface area contributed by atoms with E-state index in [1.807, 2.05) is 0 Å². The van der Waals surface area contributed by atoms with E-state index in [2.05, 4.69) is 5.32 Å². The number of hydrogen-bond donors (Lipinski definition) is 1. The fraction of sp³-hybridized carbons (Fsp3) is 0.417. The van der Waals surface area contributed by atoms with Gasteiger partial charge in [-0.2, -0.15) is 0 Å². The molecule has 1 aromatic rings. The second-order valence-corrected chi connectivity index (χ2v) is 6.74. The molecule has 5 nitrogen and oxygen atoms in total. The number of ether oxygens (including phenoxy) is 1. The summed E-state index contributed by atoms with van der Waals surface area (Å²) in [4.78, 5) is 11.9. The minimum Gasteiger partial charge on any atom is -0.368 e. The van der Waals surface area contributed by atoms with Crippen molar-refractivity contribution in [1.29, 1.82) is 0 Å². The zero-order chi connectivity index (χ0) is 14.0. The molecule has 0 bridgehead atoms. The predicted octanol–water partition coefficient (Wildman–Crippen LogP) is 1.86. The number of anilines is 1. The molecule has 1 fully saturated rings. The smallest absolute Gasteiger partial charge is 0.253 e. The Balaban J connectivity index is 2.30. The first kappa shape index (κ1) is 14.3. The molecular weight excluding hydrogens is 290 g/mol. The van der Waals surface area contributed by atoms with Crippen LogP contribution in [0.5, 0.6) is 0 Å². The van der Waals surface area contributed by atoms with Gasteiger partial charge in [0, 0.05) is 12.9 Å². The second-order valence-electron chi connectivity index (χ2n) is 4.38. The van der Waals surface area contributed by atoms with Gasteiger partial charge in [0.25, 0.3) is 5.91 Å². The van der Waals surface area contributed by atoms with Crippen molar-refractivity contribution < 1.29 is 17.9 Å². The summed E-state index contributed by atoms with van der Waals surface area (Å²) >= 11 is 5.90. The quantitative estimate of drug-likeness (QED) is 0.925. The van der Waals surface area contributed by atoms with Gasteiger partial charge in [-0.15, -0.1) is 0 Å². The third kappa shape index (κ3) is 3.26. The fourth-order valence-electron chi connectivity index (χ4n) is 1.98. The number of nitrogens with one attached hydrogen (secondary N) is 1. The minimum atomic E-state index is -3.52. The maximum absolute atomic E-state index is 11.9. The number of amides is 1. The molecule has 104 valence electrons. The molecule has 0 aromatic heterocycles. The van der Waals surface area contributed by atoms with Crippen LogP contribution in [-0.4, -0.2) is 33.3 Å². The zero-order valence-electron chi connectivity index (χ0n) is 10.3. The van der Waals surface area contributed by atoms with Gasteiger partial charge >= 0.3 is 0 Å². The first-order valence-corrected chi connectivity index (χ1v) is 8.07. The van der Waals surface area contributed by atoms with E-state index in [0.717, 1.165) is 12.7 Å². The first-order valence-electron chi connectivity index (χ1n) is 5.80. The lowest BCUT2D eigenvalue weighted by Gasteiger charge is -2.14. The molecule has 1 unspecified atom stereocenters. The number of halogens is 1. The van der Waals surface area contributed by atoms with Crippen LogP contribution in [0.3, 0.4) is 0 Å². The van der Waals surface area contributed by atoms with E-state index in [1.165, 1.54) is 12.1 Å². The number of rotatable bonds is 3. The van der Waals surface area contributed by atoms with Crippen molar-refractivity contribution in [3.8, 4) is 0 Å². The molecule has 1 N–H and O–H groups in total. The summed E-state index contributed by atoms with van der Waals surface area (Å²) in [6.45, 7) is 0.548. The van der Waals surface area contributed by atoms with Crippen molar-refractivity contribution >= 4 is 33.0 Å². The average Bonchev–Trinajstić information content (AvgIpc) is 2.80. The highest BCUT2D eigenvalue weighted by molar-refractivity contribution is 7.91. The Morgan fingerprint density at radius 3 is 2.79 bits per heavy atom. The van der Waals surface area contributed by atoms with Gasteiger partial charge in [0.2, 0.25) is 0 Å². The number of hydrogen-bond acceptors (Lipinski definition) is 4. The standard InChI is InChI=1S/C12H14ClNO4S/c1-19(16,17)11-8(13)4-2-5-9(11)14-12(15)10-6-3-7-18-10/h2,4-5,10H,3,6-7H2,1H3,(H,14,15). The molecule has 1 aromatic carbocycles. The van der Waals surface area contributed by atoms with Crippen LogP contribution in [0.4, 0.5) is 5.69 Å². The van der Waals surface area contributed by atoms with Crippen LogP contribution in [0, 0.1) is 0 Å². The van der Waals surface area contributed by atoms with Gasteiger partial charge in [-0.3, -0.25) is 4.79 Å². The molecule has 2 rings (SSSR count). The summed E-state index contributed by atoms with van der Waals surface area (Å²) in [7, 11) is -3.52. The van der Waals surface area contributed by atoms with Gasteiger partial charge < -0.3 is 10.1 Å². The maximum Gasteiger partial charge on any atom is 0.253 e. The zero-order valence-corrected chi connectivity index (χ0v) is 11.9. The summed E-state index contributed by atoms with van der Waals surface area (Å²) in [6.07, 6.45) is 2.00. The molecule has 0 radical (unpaired) electrons. The topological polar surface area (TPSA) is 72.5 Å². The number of carbonyl (C=O) groups excluding carboxylic acids is 1. The highest BCUT2D eigenvalue weighted by Crippen LogP contribution is 2.29. The van der Waals surface area contributed by atoms with Crippen molar-refractivity contribution in [2.75, 3.05) is 18.2 Å². The van der Waals surface area contributed by atoms with E-state index < -0.39 is 15.9 Å². The molecule has 1 saturated heterocycles. The number of carbonyl (C=O) groups is 1. The average molecular weight is 304 g/mol. The molecule has 0 saturated carbocycles. The number of benzene rings is 1. The van der Waals surface area contributed by atoms with E-state index in [1.54, 1.807) is 6.07 Å². The first-order chi connectivity index (χ1) is 8.89. The Labute approximate surface area is 116 Å². The molecule has 1 heterocycles. The SMILES string of the molecule is CS(=O)(=O)c1c(Cl)cccc1NC(=O)C1CCCO1. The van der Waals surface area contributed by atoms with Crippen LogP contribution in [-0.2, 0) is 19.4 Å². The lowest BCUT2D eigenvalue weighted by Crippen LogP contribution is -2.27. The molecule has 0 aliphatic carbocycles. The summed E-state index contributed by atoms with van der Waals surface area (Å²) in [6, 6.07) is 4.57.